The van der Waals surface area contributed by atoms with Gasteiger partial charge in [0, 0.05) is 12.8 Å². The van der Waals surface area contributed by atoms with Crippen molar-refractivity contribution in [3.05, 3.63) is 12.2 Å². The molecule has 0 aliphatic heterocycles. The Hall–Kier alpha value is -0.870. The zero-order valence-corrected chi connectivity index (χ0v) is 10.3. The molecule has 92 valence electrons. The molecule has 0 bridgehead atoms. The van der Waals surface area contributed by atoms with Gasteiger partial charge in [-0.15, -0.1) is 0 Å². The van der Waals surface area contributed by atoms with Gasteiger partial charge in [0.1, 0.15) is 11.2 Å². The zero-order chi connectivity index (χ0) is 12.4. The Kier molecular flexibility index (Phi) is 3.76. The van der Waals surface area contributed by atoms with Crippen LogP contribution in [0.25, 0.3) is 0 Å². The topological polar surface area (TPSA) is 55.8 Å². The molecule has 0 aromatic rings. The molecule has 0 aromatic heterocycles. The first-order chi connectivity index (χ1) is 7.29. The molecule has 4 nitrogen and oxygen atoms in total. The third-order valence-corrected chi connectivity index (χ3v) is 3.14. The second-order valence-corrected chi connectivity index (χ2v) is 5.11. The van der Waals surface area contributed by atoms with E-state index in [0.29, 0.717) is 6.42 Å². The Morgan fingerprint density at radius 3 is 2.56 bits per heavy atom. The highest BCUT2D eigenvalue weighted by Gasteiger charge is 2.36. The van der Waals surface area contributed by atoms with Gasteiger partial charge >= 0.3 is 5.97 Å². The average Bonchev–Trinajstić information content (AvgIpc) is 2.16. The third-order valence-electron chi connectivity index (χ3n) is 3.14. The fraction of sp³-hybridized carbons (Fsp3) is 0.750. The number of hydrogen-bond acceptors (Lipinski definition) is 4. The lowest BCUT2D eigenvalue weighted by Gasteiger charge is -2.37. The summed E-state index contributed by atoms with van der Waals surface area (Å²) in [4.78, 5) is 15.4. The number of ether oxygens (including phenoxy) is 1. The first-order valence-corrected chi connectivity index (χ1v) is 5.50. The smallest absolute Gasteiger partial charge is 0.303 e. The van der Waals surface area contributed by atoms with Crippen LogP contribution in [0.15, 0.2) is 12.2 Å². The summed E-state index contributed by atoms with van der Waals surface area (Å²) in [5.41, 5.74) is -1.12. The molecular formula is C12H20O4. The van der Waals surface area contributed by atoms with Crippen LogP contribution in [0, 0.1) is 5.92 Å². The fourth-order valence-corrected chi connectivity index (χ4v) is 2.04. The van der Waals surface area contributed by atoms with Crippen LogP contribution in [0.5, 0.6) is 0 Å². The molecule has 0 spiro atoms. The molecule has 1 aliphatic carbocycles. The molecule has 0 heterocycles. The van der Waals surface area contributed by atoms with Crippen molar-refractivity contribution < 1.29 is 19.7 Å². The molecule has 16 heavy (non-hydrogen) atoms. The Bertz CT molecular complexity index is 295. The van der Waals surface area contributed by atoms with Crippen molar-refractivity contribution in [1.82, 2.24) is 0 Å². The van der Waals surface area contributed by atoms with Crippen LogP contribution in [0.3, 0.4) is 0 Å². The average molecular weight is 228 g/mol. The van der Waals surface area contributed by atoms with E-state index in [1.165, 1.54) is 6.92 Å². The van der Waals surface area contributed by atoms with Crippen molar-refractivity contribution in [2.45, 2.75) is 51.7 Å². The molecule has 4 heteroatoms. The van der Waals surface area contributed by atoms with Crippen LogP contribution >= 0.6 is 0 Å². The van der Waals surface area contributed by atoms with Gasteiger partial charge in [-0.25, -0.2) is 4.89 Å². The maximum atomic E-state index is 11.0. The fourth-order valence-electron chi connectivity index (χ4n) is 2.04. The van der Waals surface area contributed by atoms with Crippen LogP contribution in [-0.2, 0) is 14.4 Å². The van der Waals surface area contributed by atoms with Gasteiger partial charge in [-0.3, -0.25) is 10.1 Å². The number of hydrogen-bond donors (Lipinski definition) is 1. The van der Waals surface area contributed by atoms with Crippen molar-refractivity contribution in [1.29, 1.82) is 0 Å². The summed E-state index contributed by atoms with van der Waals surface area (Å²) in [6.07, 6.45) is 5.29. The number of carbonyl (C=O) groups is 1. The van der Waals surface area contributed by atoms with E-state index < -0.39 is 11.2 Å². The van der Waals surface area contributed by atoms with Gasteiger partial charge in [0.2, 0.25) is 0 Å². The van der Waals surface area contributed by atoms with Crippen molar-refractivity contribution >= 4 is 5.97 Å². The molecule has 0 fully saturated rings. The summed E-state index contributed by atoms with van der Waals surface area (Å²) in [6.45, 7) is 7.02. The number of carbonyl (C=O) groups excluding carboxylic acids is 1. The van der Waals surface area contributed by atoms with E-state index >= 15 is 0 Å². The second-order valence-electron chi connectivity index (χ2n) is 5.11. The van der Waals surface area contributed by atoms with Gasteiger partial charge in [-0.05, 0) is 33.6 Å². The van der Waals surface area contributed by atoms with Crippen LogP contribution in [0.4, 0.5) is 0 Å². The van der Waals surface area contributed by atoms with E-state index in [-0.39, 0.29) is 11.9 Å². The van der Waals surface area contributed by atoms with Crippen molar-refractivity contribution in [2.75, 3.05) is 0 Å². The van der Waals surface area contributed by atoms with E-state index in [1.54, 1.807) is 0 Å². The summed E-state index contributed by atoms with van der Waals surface area (Å²) in [5, 5.41) is 8.75. The van der Waals surface area contributed by atoms with E-state index in [9.17, 15) is 4.79 Å². The number of rotatable bonds is 3. The lowest BCUT2D eigenvalue weighted by molar-refractivity contribution is -0.306. The van der Waals surface area contributed by atoms with Gasteiger partial charge in [-0.2, -0.15) is 0 Å². The standard InChI is InChI=1S/C12H20O4/c1-9(13)15-11(2,3)10-5-7-12(4,16-14)8-6-10/h5,7,10,14H,6,8H2,1-4H3. The monoisotopic (exact) mass is 228 g/mol. The summed E-state index contributed by atoms with van der Waals surface area (Å²) < 4.78 is 5.29. The predicted molar refractivity (Wildman–Crippen MR) is 59.8 cm³/mol. The zero-order valence-electron chi connectivity index (χ0n) is 10.3. The maximum Gasteiger partial charge on any atom is 0.303 e. The van der Waals surface area contributed by atoms with Gasteiger partial charge in [-0.1, -0.05) is 12.2 Å². The van der Waals surface area contributed by atoms with Crippen LogP contribution in [0.2, 0.25) is 0 Å². The Labute approximate surface area is 96.2 Å². The molecular weight excluding hydrogens is 208 g/mol. The largest absolute Gasteiger partial charge is 0.459 e. The van der Waals surface area contributed by atoms with Gasteiger partial charge < -0.3 is 4.74 Å². The van der Waals surface area contributed by atoms with E-state index in [0.717, 1.165) is 6.42 Å². The first kappa shape index (κ1) is 13.2. The van der Waals surface area contributed by atoms with Crippen molar-refractivity contribution in [3.8, 4) is 0 Å². The van der Waals surface area contributed by atoms with E-state index in [4.69, 9.17) is 9.99 Å². The lowest BCUT2D eigenvalue weighted by atomic mass is 9.78. The molecule has 0 aromatic carbocycles. The van der Waals surface area contributed by atoms with E-state index in [2.05, 4.69) is 4.89 Å². The third kappa shape index (κ3) is 3.06. The maximum absolute atomic E-state index is 11.0. The molecule has 0 radical (unpaired) electrons. The predicted octanol–water partition coefficient (Wildman–Crippen LogP) is 2.54. The SMILES string of the molecule is CC(=O)OC(C)(C)C1C=CC(C)(OO)CC1. The summed E-state index contributed by atoms with van der Waals surface area (Å²) in [7, 11) is 0. The Morgan fingerprint density at radius 2 is 2.19 bits per heavy atom. The molecule has 2 atom stereocenters. The van der Waals surface area contributed by atoms with Crippen LogP contribution in [-0.4, -0.2) is 22.4 Å². The van der Waals surface area contributed by atoms with Gasteiger partial charge in [0.15, 0.2) is 0 Å². The lowest BCUT2D eigenvalue weighted by Crippen LogP contribution is -2.39. The normalized spacial score (nSPS) is 30.2. The van der Waals surface area contributed by atoms with E-state index in [1.807, 2.05) is 32.9 Å². The molecule has 1 aliphatic rings. The number of esters is 1. The Morgan fingerprint density at radius 1 is 1.56 bits per heavy atom. The highest BCUT2D eigenvalue weighted by atomic mass is 17.1. The molecule has 0 saturated heterocycles. The first-order valence-electron chi connectivity index (χ1n) is 5.50. The minimum absolute atomic E-state index is 0.152. The van der Waals surface area contributed by atoms with Crippen molar-refractivity contribution in [2.24, 2.45) is 5.92 Å². The van der Waals surface area contributed by atoms with Gasteiger partial charge in [0.25, 0.3) is 0 Å². The second kappa shape index (κ2) is 4.55. The highest BCUT2D eigenvalue weighted by Crippen LogP contribution is 2.35. The van der Waals surface area contributed by atoms with Crippen LogP contribution < -0.4 is 0 Å². The molecule has 1 N–H and O–H groups in total. The Balaban J connectivity index is 2.71. The van der Waals surface area contributed by atoms with Crippen LogP contribution in [0.1, 0.15) is 40.5 Å². The minimum atomic E-state index is -0.608. The summed E-state index contributed by atoms with van der Waals surface area (Å²) >= 11 is 0. The molecule has 1 rings (SSSR count). The summed E-state index contributed by atoms with van der Waals surface area (Å²) in [6, 6.07) is 0. The molecule has 2 unspecified atom stereocenters. The molecule has 0 saturated carbocycles. The van der Waals surface area contributed by atoms with Crippen molar-refractivity contribution in [3.63, 3.8) is 0 Å². The van der Waals surface area contributed by atoms with Gasteiger partial charge in [0.05, 0.1) is 0 Å². The molecule has 0 amide bonds. The summed E-state index contributed by atoms with van der Waals surface area (Å²) in [5.74, 6) is -0.121. The quantitative estimate of drug-likeness (QED) is 0.349. The highest BCUT2D eigenvalue weighted by molar-refractivity contribution is 5.66. The minimum Gasteiger partial charge on any atom is -0.459 e.